The number of hydrogen-bond acceptors (Lipinski definition) is 4. The molecule has 1 heterocycles. The summed E-state index contributed by atoms with van der Waals surface area (Å²) in [6.45, 7) is 3.61. The molecule has 5 nitrogen and oxygen atoms in total. The van der Waals surface area contributed by atoms with E-state index in [4.69, 9.17) is 14.3 Å². The quantitative estimate of drug-likeness (QED) is 0.845. The Morgan fingerprint density at radius 1 is 1.39 bits per heavy atom. The van der Waals surface area contributed by atoms with Crippen molar-refractivity contribution in [2.24, 2.45) is 0 Å². The van der Waals surface area contributed by atoms with Crippen LogP contribution in [0.25, 0.3) is 11.0 Å². The maximum absolute atomic E-state index is 11.8. The molecule has 0 aliphatic rings. The molecule has 1 N–H and O–H groups in total. The topological polar surface area (TPSA) is 76.7 Å². The van der Waals surface area contributed by atoms with E-state index in [0.29, 0.717) is 16.7 Å². The van der Waals surface area contributed by atoms with Crippen molar-refractivity contribution >= 4 is 22.9 Å². The maximum atomic E-state index is 11.8. The van der Waals surface area contributed by atoms with Crippen LogP contribution in [0.15, 0.2) is 22.6 Å². The van der Waals surface area contributed by atoms with Gasteiger partial charge in [-0.2, -0.15) is 0 Å². The summed E-state index contributed by atoms with van der Waals surface area (Å²) in [7, 11) is 0. The third-order valence-corrected chi connectivity index (χ3v) is 2.59. The van der Waals surface area contributed by atoms with Crippen molar-refractivity contribution in [3.05, 3.63) is 35.1 Å². The third-order valence-electron chi connectivity index (χ3n) is 2.59. The second-order valence-corrected chi connectivity index (χ2v) is 3.77. The highest BCUT2D eigenvalue weighted by Gasteiger charge is 2.20. The van der Waals surface area contributed by atoms with Crippen LogP contribution in [-0.2, 0) is 4.74 Å². The summed E-state index contributed by atoms with van der Waals surface area (Å²) in [6, 6.07) is 4.39. The normalized spacial score (nSPS) is 10.6. The Balaban J connectivity index is 2.64. The molecule has 94 valence electrons. The molecule has 0 radical (unpaired) electrons. The Morgan fingerprint density at radius 3 is 2.72 bits per heavy atom. The van der Waals surface area contributed by atoms with Gasteiger partial charge in [-0.05, 0) is 32.0 Å². The summed E-state index contributed by atoms with van der Waals surface area (Å²) in [5, 5.41) is 9.40. The average molecular weight is 248 g/mol. The highest BCUT2D eigenvalue weighted by Crippen LogP contribution is 2.27. The zero-order valence-corrected chi connectivity index (χ0v) is 10.0. The summed E-state index contributed by atoms with van der Waals surface area (Å²) >= 11 is 0. The predicted octanol–water partition coefficient (Wildman–Crippen LogP) is 2.62. The fourth-order valence-electron chi connectivity index (χ4n) is 1.81. The number of furan rings is 1. The number of aryl methyl sites for hydroxylation is 1. The Kier molecular flexibility index (Phi) is 3.06. The molecular formula is C13H12O5. The molecule has 0 fully saturated rings. The number of carboxylic acid groups (broad SMARTS) is 1. The molecule has 2 aromatic rings. The predicted molar refractivity (Wildman–Crippen MR) is 63.9 cm³/mol. The summed E-state index contributed by atoms with van der Waals surface area (Å²) in [5.41, 5.74) is 0.865. The fraction of sp³-hybridized carbons (Fsp3) is 0.231. The minimum absolute atomic E-state index is 0.105. The summed E-state index contributed by atoms with van der Waals surface area (Å²) in [5.74, 6) is -1.13. The van der Waals surface area contributed by atoms with E-state index < -0.39 is 11.9 Å². The van der Waals surface area contributed by atoms with Gasteiger partial charge in [0.05, 0.1) is 12.2 Å². The van der Waals surface area contributed by atoms with Gasteiger partial charge in [0.15, 0.2) is 0 Å². The summed E-state index contributed by atoms with van der Waals surface area (Å²) < 4.78 is 10.3. The van der Waals surface area contributed by atoms with Crippen molar-refractivity contribution in [2.75, 3.05) is 6.61 Å². The molecule has 0 amide bonds. The molecule has 2 rings (SSSR count). The first-order valence-corrected chi connectivity index (χ1v) is 5.48. The Hall–Kier alpha value is -2.30. The minimum Gasteiger partial charge on any atom is -0.478 e. The van der Waals surface area contributed by atoms with Crippen molar-refractivity contribution in [1.29, 1.82) is 0 Å². The van der Waals surface area contributed by atoms with Gasteiger partial charge in [-0.1, -0.05) is 0 Å². The molecule has 0 saturated carbocycles. The number of carbonyl (C=O) groups excluding carboxylic acids is 1. The Labute approximate surface area is 103 Å². The molecule has 1 aromatic heterocycles. The number of ether oxygens (including phenoxy) is 1. The number of benzene rings is 1. The van der Waals surface area contributed by atoms with Crippen molar-refractivity contribution in [3.8, 4) is 0 Å². The average Bonchev–Trinajstić information content (AvgIpc) is 2.63. The highest BCUT2D eigenvalue weighted by atomic mass is 16.5. The molecule has 0 unspecified atom stereocenters. The number of carboxylic acids is 1. The Morgan fingerprint density at radius 2 is 2.11 bits per heavy atom. The van der Waals surface area contributed by atoms with E-state index in [1.54, 1.807) is 13.8 Å². The van der Waals surface area contributed by atoms with Crippen LogP contribution in [0.4, 0.5) is 0 Å². The van der Waals surface area contributed by atoms with Gasteiger partial charge in [0.1, 0.15) is 16.9 Å². The second-order valence-electron chi connectivity index (χ2n) is 3.77. The monoisotopic (exact) mass is 248 g/mol. The first-order valence-electron chi connectivity index (χ1n) is 5.48. The minimum atomic E-state index is -1.05. The van der Waals surface area contributed by atoms with Gasteiger partial charge in [-0.3, -0.25) is 0 Å². The molecule has 0 atom stereocenters. The van der Waals surface area contributed by atoms with Gasteiger partial charge in [0.2, 0.25) is 0 Å². The molecule has 0 aliphatic heterocycles. The molecule has 5 heteroatoms. The van der Waals surface area contributed by atoms with Crippen LogP contribution in [0.5, 0.6) is 0 Å². The second kappa shape index (κ2) is 4.52. The third kappa shape index (κ3) is 1.95. The van der Waals surface area contributed by atoms with E-state index in [-0.39, 0.29) is 17.7 Å². The number of rotatable bonds is 3. The lowest BCUT2D eigenvalue weighted by molar-refractivity contribution is 0.0525. The van der Waals surface area contributed by atoms with Gasteiger partial charge in [-0.25, -0.2) is 9.59 Å². The van der Waals surface area contributed by atoms with Crippen LogP contribution in [0.1, 0.15) is 33.4 Å². The largest absolute Gasteiger partial charge is 0.478 e. The van der Waals surface area contributed by atoms with Crippen molar-refractivity contribution in [3.63, 3.8) is 0 Å². The first kappa shape index (κ1) is 12.2. The summed E-state index contributed by atoms with van der Waals surface area (Å²) in [6.07, 6.45) is 0. The standard InChI is InChI=1S/C13H12O5/c1-3-17-13(16)11-7(2)18-10-5-4-8(12(14)15)6-9(10)11/h4-6H,3H2,1-2H3,(H,14,15). The Bertz CT molecular complexity index is 624. The van der Waals surface area contributed by atoms with E-state index in [0.717, 1.165) is 0 Å². The van der Waals surface area contributed by atoms with Crippen LogP contribution < -0.4 is 0 Å². The lowest BCUT2D eigenvalue weighted by Gasteiger charge is -2.00. The van der Waals surface area contributed by atoms with Gasteiger partial charge in [-0.15, -0.1) is 0 Å². The van der Waals surface area contributed by atoms with Crippen LogP contribution in [-0.4, -0.2) is 23.7 Å². The molecule has 18 heavy (non-hydrogen) atoms. The fourth-order valence-corrected chi connectivity index (χ4v) is 1.81. The van der Waals surface area contributed by atoms with E-state index >= 15 is 0 Å². The van der Waals surface area contributed by atoms with Crippen LogP contribution in [0.3, 0.4) is 0 Å². The van der Waals surface area contributed by atoms with Crippen LogP contribution >= 0.6 is 0 Å². The number of hydrogen-bond donors (Lipinski definition) is 1. The SMILES string of the molecule is CCOC(=O)c1c(C)oc2ccc(C(=O)O)cc12. The van der Waals surface area contributed by atoms with E-state index in [2.05, 4.69) is 0 Å². The van der Waals surface area contributed by atoms with Gasteiger partial charge < -0.3 is 14.3 Å². The van der Waals surface area contributed by atoms with Gasteiger partial charge in [0, 0.05) is 5.39 Å². The van der Waals surface area contributed by atoms with E-state index in [1.165, 1.54) is 18.2 Å². The van der Waals surface area contributed by atoms with Gasteiger partial charge >= 0.3 is 11.9 Å². The van der Waals surface area contributed by atoms with Crippen LogP contribution in [0.2, 0.25) is 0 Å². The van der Waals surface area contributed by atoms with E-state index in [1.807, 2.05) is 0 Å². The molecule has 0 spiro atoms. The zero-order chi connectivity index (χ0) is 13.3. The van der Waals surface area contributed by atoms with Crippen molar-refractivity contribution < 1.29 is 23.8 Å². The van der Waals surface area contributed by atoms with E-state index in [9.17, 15) is 9.59 Å². The lowest BCUT2D eigenvalue weighted by atomic mass is 10.1. The summed E-state index contributed by atoms with van der Waals surface area (Å²) in [4.78, 5) is 22.7. The maximum Gasteiger partial charge on any atom is 0.342 e. The van der Waals surface area contributed by atoms with Crippen LogP contribution in [0, 0.1) is 6.92 Å². The molecule has 1 aromatic carbocycles. The first-order chi connectivity index (χ1) is 8.54. The zero-order valence-electron chi connectivity index (χ0n) is 10.0. The molecule has 0 aliphatic carbocycles. The number of esters is 1. The van der Waals surface area contributed by atoms with Crippen molar-refractivity contribution in [1.82, 2.24) is 0 Å². The van der Waals surface area contributed by atoms with Crippen molar-refractivity contribution in [2.45, 2.75) is 13.8 Å². The van der Waals surface area contributed by atoms with Gasteiger partial charge in [0.25, 0.3) is 0 Å². The molecule has 0 bridgehead atoms. The number of fused-ring (bicyclic) bond motifs is 1. The highest BCUT2D eigenvalue weighted by molar-refractivity contribution is 6.06. The number of aromatic carboxylic acids is 1. The molecule has 0 saturated heterocycles. The number of carbonyl (C=O) groups is 2. The lowest BCUT2D eigenvalue weighted by Crippen LogP contribution is -2.05. The smallest absolute Gasteiger partial charge is 0.342 e. The molecular weight excluding hydrogens is 236 g/mol.